The molecule has 2 rings (SSSR count). The Bertz CT molecular complexity index is 304. The minimum absolute atomic E-state index is 0.137. The van der Waals surface area contributed by atoms with Crippen LogP contribution in [0.5, 0.6) is 0 Å². The largest absolute Gasteiger partial charge is 0.392 e. The molecule has 0 aliphatic heterocycles. The lowest BCUT2D eigenvalue weighted by molar-refractivity contribution is 0.0752. The van der Waals surface area contributed by atoms with E-state index in [1.54, 1.807) is 11.3 Å². The summed E-state index contributed by atoms with van der Waals surface area (Å²) in [5.41, 5.74) is 5.86. The first-order valence-corrected chi connectivity index (χ1v) is 7.62. The minimum Gasteiger partial charge on any atom is -0.392 e. The molecule has 0 saturated heterocycles. The fourth-order valence-corrected chi connectivity index (χ4v) is 3.79. The minimum atomic E-state index is -0.253. The van der Waals surface area contributed by atoms with Crippen LogP contribution in [0.2, 0.25) is 0 Å². The van der Waals surface area contributed by atoms with Gasteiger partial charge in [0.2, 0.25) is 0 Å². The Morgan fingerprint density at radius 1 is 1.29 bits per heavy atom. The van der Waals surface area contributed by atoms with Crippen molar-refractivity contribution in [3.63, 3.8) is 0 Å². The molecule has 0 aromatic carbocycles. The smallest absolute Gasteiger partial charge is 0.0656 e. The highest BCUT2D eigenvalue weighted by Gasteiger charge is 2.28. The molecule has 0 spiro atoms. The van der Waals surface area contributed by atoms with Crippen LogP contribution in [-0.4, -0.2) is 17.8 Å². The molecular weight excluding hydrogens is 230 g/mol. The molecule has 17 heavy (non-hydrogen) atoms. The van der Waals surface area contributed by atoms with Crippen molar-refractivity contribution in [3.8, 4) is 0 Å². The topological polar surface area (TPSA) is 46.2 Å². The summed E-state index contributed by atoms with van der Waals surface area (Å²) in [6.45, 7) is 0.554. The molecule has 2 unspecified atom stereocenters. The second-order valence-electron chi connectivity index (χ2n) is 5.10. The maximum atomic E-state index is 10.6. The highest BCUT2D eigenvalue weighted by atomic mass is 32.1. The molecule has 3 heteroatoms. The van der Waals surface area contributed by atoms with Gasteiger partial charge >= 0.3 is 0 Å². The lowest BCUT2D eigenvalue weighted by Gasteiger charge is -2.28. The lowest BCUT2D eigenvalue weighted by Crippen LogP contribution is -2.31. The van der Waals surface area contributed by atoms with Crippen LogP contribution in [-0.2, 0) is 0 Å². The van der Waals surface area contributed by atoms with Gasteiger partial charge in [0.1, 0.15) is 0 Å². The maximum absolute atomic E-state index is 10.6. The molecule has 0 radical (unpaired) electrons. The molecule has 96 valence electrons. The van der Waals surface area contributed by atoms with Crippen molar-refractivity contribution in [1.29, 1.82) is 0 Å². The van der Waals surface area contributed by atoms with Gasteiger partial charge in [-0.15, -0.1) is 11.3 Å². The van der Waals surface area contributed by atoms with Crippen LogP contribution in [0, 0.1) is 5.92 Å². The van der Waals surface area contributed by atoms with E-state index in [1.807, 2.05) is 6.07 Å². The summed E-state index contributed by atoms with van der Waals surface area (Å²) >= 11 is 1.71. The van der Waals surface area contributed by atoms with Gasteiger partial charge in [0.25, 0.3) is 0 Å². The summed E-state index contributed by atoms with van der Waals surface area (Å²) in [6, 6.07) is 4.14. The Kier molecular flexibility index (Phi) is 5.01. The number of thiophene rings is 1. The van der Waals surface area contributed by atoms with E-state index in [-0.39, 0.29) is 12.0 Å². The molecule has 1 aromatic heterocycles. The molecule has 3 N–H and O–H groups in total. The zero-order valence-corrected chi connectivity index (χ0v) is 11.2. The SMILES string of the molecule is NCC(c1cccs1)C(O)C1CCCCCC1. The van der Waals surface area contributed by atoms with Gasteiger partial charge in [-0.1, -0.05) is 31.7 Å². The van der Waals surface area contributed by atoms with E-state index in [9.17, 15) is 5.11 Å². The molecule has 1 saturated carbocycles. The molecule has 2 atom stereocenters. The third-order valence-corrected chi connectivity index (χ3v) is 4.96. The highest BCUT2D eigenvalue weighted by Crippen LogP contribution is 2.33. The molecule has 1 aromatic rings. The number of nitrogens with two attached hydrogens (primary N) is 1. The fourth-order valence-electron chi connectivity index (χ4n) is 2.91. The Balaban J connectivity index is 2.03. The monoisotopic (exact) mass is 253 g/mol. The first-order valence-electron chi connectivity index (χ1n) is 6.74. The summed E-state index contributed by atoms with van der Waals surface area (Å²) in [5, 5.41) is 12.6. The second kappa shape index (κ2) is 6.53. The van der Waals surface area contributed by atoms with Crippen molar-refractivity contribution in [3.05, 3.63) is 22.4 Å². The van der Waals surface area contributed by atoms with E-state index < -0.39 is 0 Å². The normalized spacial score (nSPS) is 22.0. The van der Waals surface area contributed by atoms with Crippen molar-refractivity contribution in [2.45, 2.75) is 50.5 Å². The Morgan fingerprint density at radius 2 is 2.00 bits per heavy atom. The molecule has 1 fully saturated rings. The van der Waals surface area contributed by atoms with Crippen LogP contribution in [0.15, 0.2) is 17.5 Å². The molecule has 2 nitrogen and oxygen atoms in total. The summed E-state index contributed by atoms with van der Waals surface area (Å²) in [4.78, 5) is 1.24. The third kappa shape index (κ3) is 3.30. The molecule has 1 aliphatic rings. The second-order valence-corrected chi connectivity index (χ2v) is 6.08. The van der Waals surface area contributed by atoms with Gasteiger partial charge in [0.05, 0.1) is 6.10 Å². The first-order chi connectivity index (χ1) is 8.33. The van der Waals surface area contributed by atoms with Gasteiger partial charge in [-0.2, -0.15) is 0 Å². The van der Waals surface area contributed by atoms with E-state index in [0.717, 1.165) is 0 Å². The van der Waals surface area contributed by atoms with Crippen LogP contribution in [0.1, 0.15) is 49.3 Å². The van der Waals surface area contributed by atoms with Gasteiger partial charge in [-0.3, -0.25) is 0 Å². The number of hydrogen-bond acceptors (Lipinski definition) is 3. The Labute approximate surface area is 108 Å². The van der Waals surface area contributed by atoms with Crippen molar-refractivity contribution in [2.75, 3.05) is 6.54 Å². The Hall–Kier alpha value is -0.380. The summed E-state index contributed by atoms with van der Waals surface area (Å²) < 4.78 is 0. The number of rotatable bonds is 4. The quantitative estimate of drug-likeness (QED) is 0.810. The van der Waals surface area contributed by atoms with E-state index in [1.165, 1.54) is 43.4 Å². The molecular formula is C14H23NOS. The van der Waals surface area contributed by atoms with Gasteiger partial charge in [-0.25, -0.2) is 0 Å². The van der Waals surface area contributed by atoms with Crippen LogP contribution in [0.3, 0.4) is 0 Å². The zero-order chi connectivity index (χ0) is 12.1. The number of aliphatic hydroxyl groups is 1. The summed E-state index contributed by atoms with van der Waals surface area (Å²) in [6.07, 6.45) is 7.28. The summed E-state index contributed by atoms with van der Waals surface area (Å²) in [5.74, 6) is 0.589. The van der Waals surface area contributed by atoms with E-state index in [4.69, 9.17) is 5.73 Å². The molecule has 1 aliphatic carbocycles. The average Bonchev–Trinajstić information content (AvgIpc) is 2.72. The standard InChI is InChI=1S/C14H23NOS/c15-10-12(13-8-5-9-17-13)14(16)11-6-3-1-2-4-7-11/h5,8-9,11-12,14,16H,1-4,6-7,10,15H2. The van der Waals surface area contributed by atoms with Crippen molar-refractivity contribution >= 4 is 11.3 Å². The van der Waals surface area contributed by atoms with E-state index >= 15 is 0 Å². The van der Waals surface area contributed by atoms with Crippen molar-refractivity contribution < 1.29 is 5.11 Å². The summed E-state index contributed by atoms with van der Waals surface area (Å²) in [7, 11) is 0. The van der Waals surface area contributed by atoms with Crippen LogP contribution >= 0.6 is 11.3 Å². The molecule has 0 amide bonds. The van der Waals surface area contributed by atoms with Gasteiger partial charge < -0.3 is 10.8 Å². The van der Waals surface area contributed by atoms with E-state index in [2.05, 4.69) is 11.4 Å². The molecule has 0 bridgehead atoms. The highest BCUT2D eigenvalue weighted by molar-refractivity contribution is 7.10. The predicted molar refractivity (Wildman–Crippen MR) is 73.3 cm³/mol. The molecule has 1 heterocycles. The van der Waals surface area contributed by atoms with Crippen molar-refractivity contribution in [2.24, 2.45) is 11.7 Å². The van der Waals surface area contributed by atoms with Gasteiger partial charge in [0, 0.05) is 17.3 Å². The Morgan fingerprint density at radius 3 is 2.53 bits per heavy atom. The lowest BCUT2D eigenvalue weighted by atomic mass is 9.85. The van der Waals surface area contributed by atoms with Crippen LogP contribution in [0.4, 0.5) is 0 Å². The van der Waals surface area contributed by atoms with E-state index in [0.29, 0.717) is 12.5 Å². The number of hydrogen-bond donors (Lipinski definition) is 2. The number of aliphatic hydroxyl groups excluding tert-OH is 1. The predicted octanol–water partition coefficient (Wildman–Crippen LogP) is 3.12. The van der Waals surface area contributed by atoms with Crippen LogP contribution < -0.4 is 5.73 Å². The third-order valence-electron chi connectivity index (χ3n) is 3.96. The van der Waals surface area contributed by atoms with Gasteiger partial charge in [-0.05, 0) is 30.2 Å². The van der Waals surface area contributed by atoms with Gasteiger partial charge in [0.15, 0.2) is 0 Å². The average molecular weight is 253 g/mol. The first kappa shape index (κ1) is 13.1. The maximum Gasteiger partial charge on any atom is 0.0656 e. The van der Waals surface area contributed by atoms with Crippen LogP contribution in [0.25, 0.3) is 0 Å². The fraction of sp³-hybridized carbons (Fsp3) is 0.714. The van der Waals surface area contributed by atoms with Crippen molar-refractivity contribution in [1.82, 2.24) is 0 Å². The zero-order valence-electron chi connectivity index (χ0n) is 10.3.